The van der Waals surface area contributed by atoms with Crippen molar-refractivity contribution in [3.63, 3.8) is 0 Å². The number of nitrogens with one attached hydrogen (secondary N) is 1. The normalized spacial score (nSPS) is 10.1. The average molecular weight is 293 g/mol. The number of hydrogen-bond donors (Lipinski definition) is 1. The van der Waals surface area contributed by atoms with Crippen LogP contribution in [-0.2, 0) is 6.54 Å². The summed E-state index contributed by atoms with van der Waals surface area (Å²) in [5, 5.41) is 7.05. The van der Waals surface area contributed by atoms with Crippen molar-refractivity contribution in [2.45, 2.75) is 13.5 Å². The topological polar surface area (TPSA) is 46.9 Å². The average Bonchev–Trinajstić information content (AvgIpc) is 2.20. The van der Waals surface area contributed by atoms with Gasteiger partial charge in [0.25, 0.3) is 5.56 Å². The first-order valence-electron chi connectivity index (χ1n) is 4.39. The number of aromatic nitrogens is 2. The summed E-state index contributed by atoms with van der Waals surface area (Å²) < 4.78 is 2.08. The number of anilines is 1. The van der Waals surface area contributed by atoms with E-state index in [1.807, 2.05) is 6.92 Å². The molecule has 1 N–H and O–H groups in total. The molecule has 1 aromatic rings. The molecular weight excluding hydrogens is 281 g/mol. The van der Waals surface area contributed by atoms with Gasteiger partial charge in [0, 0.05) is 17.6 Å². The van der Waals surface area contributed by atoms with E-state index in [1.54, 1.807) is 0 Å². The largest absolute Gasteiger partial charge is 0.378 e. The lowest BCUT2D eigenvalue weighted by molar-refractivity contribution is 0.616. The molecule has 1 aromatic heterocycles. The van der Waals surface area contributed by atoms with Crippen molar-refractivity contribution in [1.82, 2.24) is 9.78 Å². The van der Waals surface area contributed by atoms with Crippen LogP contribution in [0.25, 0.3) is 0 Å². The van der Waals surface area contributed by atoms with Crippen LogP contribution in [0.1, 0.15) is 6.92 Å². The second kappa shape index (κ2) is 5.32. The van der Waals surface area contributed by atoms with E-state index in [9.17, 15) is 4.79 Å². The maximum absolute atomic E-state index is 11.6. The molecule has 0 atom stereocenters. The highest BCUT2D eigenvalue weighted by atomic mass is 79.9. The zero-order valence-corrected chi connectivity index (χ0v) is 10.6. The zero-order chi connectivity index (χ0) is 11.4. The highest BCUT2D eigenvalue weighted by molar-refractivity contribution is 9.11. The maximum atomic E-state index is 11.6. The monoisotopic (exact) mass is 291 g/mol. The molecule has 0 spiro atoms. The van der Waals surface area contributed by atoms with Crippen molar-refractivity contribution in [2.24, 2.45) is 0 Å². The van der Waals surface area contributed by atoms with Gasteiger partial charge < -0.3 is 5.32 Å². The minimum absolute atomic E-state index is 0.153. The summed E-state index contributed by atoms with van der Waals surface area (Å²) in [5.41, 5.74) is 0.233. The van der Waals surface area contributed by atoms with E-state index in [4.69, 9.17) is 11.6 Å². The van der Waals surface area contributed by atoms with E-state index in [0.29, 0.717) is 18.8 Å². The number of hydrogen-bond acceptors (Lipinski definition) is 3. The Morgan fingerprint density at radius 3 is 3.00 bits per heavy atom. The fourth-order valence-corrected chi connectivity index (χ4v) is 1.36. The van der Waals surface area contributed by atoms with E-state index in [-0.39, 0.29) is 10.6 Å². The molecule has 0 aliphatic rings. The Morgan fingerprint density at radius 1 is 1.80 bits per heavy atom. The second-order valence-corrected chi connectivity index (χ2v) is 4.36. The molecule has 0 amide bonds. The summed E-state index contributed by atoms with van der Waals surface area (Å²) in [5.74, 6) is 0. The van der Waals surface area contributed by atoms with Crippen LogP contribution < -0.4 is 10.9 Å². The first-order chi connectivity index (χ1) is 7.06. The van der Waals surface area contributed by atoms with Gasteiger partial charge in [0.2, 0.25) is 0 Å². The fourth-order valence-electron chi connectivity index (χ4n) is 1.00. The van der Waals surface area contributed by atoms with Crippen LogP contribution in [0.3, 0.4) is 0 Å². The van der Waals surface area contributed by atoms with Gasteiger partial charge in [0.05, 0.1) is 11.9 Å². The number of rotatable bonds is 4. The predicted molar refractivity (Wildman–Crippen MR) is 65.7 cm³/mol. The Bertz CT molecular complexity index is 430. The van der Waals surface area contributed by atoms with Gasteiger partial charge in [0.1, 0.15) is 5.02 Å². The van der Waals surface area contributed by atoms with Crippen molar-refractivity contribution in [3.05, 3.63) is 32.6 Å². The summed E-state index contributed by atoms with van der Waals surface area (Å²) in [7, 11) is 0. The van der Waals surface area contributed by atoms with E-state index in [0.717, 1.165) is 4.48 Å². The predicted octanol–water partition coefficient (Wildman–Crippen LogP) is 2.24. The lowest BCUT2D eigenvalue weighted by atomic mass is 10.4. The van der Waals surface area contributed by atoms with Crippen LogP contribution in [-0.4, -0.2) is 16.3 Å². The Morgan fingerprint density at radius 2 is 2.47 bits per heavy atom. The van der Waals surface area contributed by atoms with Crippen LogP contribution in [0.4, 0.5) is 5.69 Å². The summed E-state index contributed by atoms with van der Waals surface area (Å²) >= 11 is 9.08. The van der Waals surface area contributed by atoms with E-state index in [2.05, 4.69) is 32.9 Å². The van der Waals surface area contributed by atoms with Gasteiger partial charge in [-0.3, -0.25) is 4.79 Å². The lowest BCUT2D eigenvalue weighted by Crippen LogP contribution is -2.23. The van der Waals surface area contributed by atoms with Crippen LogP contribution in [0.15, 0.2) is 22.1 Å². The Labute approximate surface area is 101 Å². The number of nitrogens with zero attached hydrogens (tertiary/aromatic N) is 2. The molecule has 0 saturated carbocycles. The molecule has 0 unspecified atom stereocenters. The summed E-state index contributed by atoms with van der Waals surface area (Å²) in [6.07, 6.45) is 1.53. The molecule has 0 aliphatic carbocycles. The molecule has 0 radical (unpaired) electrons. The molecule has 82 valence electrons. The molecule has 1 rings (SSSR count). The highest BCUT2D eigenvalue weighted by Crippen LogP contribution is 2.16. The van der Waals surface area contributed by atoms with E-state index >= 15 is 0 Å². The van der Waals surface area contributed by atoms with Gasteiger partial charge in [-0.2, -0.15) is 5.10 Å². The molecule has 0 saturated heterocycles. The molecule has 1 heterocycles. The van der Waals surface area contributed by atoms with Gasteiger partial charge in [-0.1, -0.05) is 34.1 Å². The third kappa shape index (κ3) is 3.07. The minimum Gasteiger partial charge on any atom is -0.378 e. The molecular formula is C9H11BrClN3O. The van der Waals surface area contributed by atoms with E-state index in [1.165, 1.54) is 10.9 Å². The summed E-state index contributed by atoms with van der Waals surface area (Å²) in [6, 6.07) is 0. The van der Waals surface area contributed by atoms with Gasteiger partial charge in [0.15, 0.2) is 0 Å². The second-order valence-electron chi connectivity index (χ2n) is 2.86. The quantitative estimate of drug-likeness (QED) is 0.926. The van der Waals surface area contributed by atoms with Crippen molar-refractivity contribution in [2.75, 3.05) is 11.9 Å². The van der Waals surface area contributed by atoms with Crippen LogP contribution in [0.5, 0.6) is 0 Å². The molecule has 0 aromatic carbocycles. The molecule has 0 bridgehead atoms. The zero-order valence-electron chi connectivity index (χ0n) is 8.26. The third-order valence-corrected chi connectivity index (χ3v) is 2.40. The standard InChI is InChI=1S/C9H11BrClN3O/c1-3-14-9(15)8(11)7(5-13-14)12-4-6(2)10/h5,12H,2-4H2,1H3. The molecule has 4 nitrogen and oxygen atoms in total. The van der Waals surface area contributed by atoms with Crippen LogP contribution in [0.2, 0.25) is 5.02 Å². The van der Waals surface area contributed by atoms with Crippen molar-refractivity contribution >= 4 is 33.2 Å². The van der Waals surface area contributed by atoms with Crippen molar-refractivity contribution < 1.29 is 0 Å². The van der Waals surface area contributed by atoms with Gasteiger partial charge in [-0.25, -0.2) is 4.68 Å². The van der Waals surface area contributed by atoms with Gasteiger partial charge in [-0.05, 0) is 6.92 Å². The Balaban J connectivity index is 2.97. The lowest BCUT2D eigenvalue weighted by Gasteiger charge is -2.08. The van der Waals surface area contributed by atoms with E-state index < -0.39 is 0 Å². The van der Waals surface area contributed by atoms with Crippen LogP contribution in [0, 0.1) is 0 Å². The molecule has 6 heteroatoms. The molecule has 0 aliphatic heterocycles. The Hall–Kier alpha value is -0.810. The SMILES string of the molecule is C=C(Br)CNc1cnn(CC)c(=O)c1Cl. The molecule has 0 fully saturated rings. The number of aryl methyl sites for hydroxylation is 1. The first-order valence-corrected chi connectivity index (χ1v) is 5.56. The third-order valence-electron chi connectivity index (χ3n) is 1.76. The number of halogens is 2. The Kier molecular flexibility index (Phi) is 4.35. The van der Waals surface area contributed by atoms with Crippen molar-refractivity contribution in [1.29, 1.82) is 0 Å². The minimum atomic E-state index is -0.288. The van der Waals surface area contributed by atoms with Crippen LogP contribution >= 0.6 is 27.5 Å². The smallest absolute Gasteiger partial charge is 0.287 e. The molecule has 15 heavy (non-hydrogen) atoms. The fraction of sp³-hybridized carbons (Fsp3) is 0.333. The maximum Gasteiger partial charge on any atom is 0.287 e. The van der Waals surface area contributed by atoms with Crippen molar-refractivity contribution in [3.8, 4) is 0 Å². The summed E-state index contributed by atoms with van der Waals surface area (Å²) in [4.78, 5) is 11.6. The highest BCUT2D eigenvalue weighted by Gasteiger charge is 2.07. The first kappa shape index (κ1) is 12.3. The summed E-state index contributed by atoms with van der Waals surface area (Å²) in [6.45, 7) is 6.50. The van der Waals surface area contributed by atoms with Gasteiger partial charge >= 0.3 is 0 Å². The van der Waals surface area contributed by atoms with Gasteiger partial charge in [-0.15, -0.1) is 0 Å².